The normalized spacial score (nSPS) is 16.5. The van der Waals surface area contributed by atoms with E-state index in [9.17, 15) is 9.35 Å². The highest BCUT2D eigenvalue weighted by atomic mass is 32.2. The van der Waals surface area contributed by atoms with Crippen LogP contribution in [0, 0.1) is 0 Å². The van der Waals surface area contributed by atoms with E-state index in [1.807, 2.05) is 39.2 Å². The number of carbonyl (C=O) groups excluding carboxylic acids is 1. The summed E-state index contributed by atoms with van der Waals surface area (Å²) < 4.78 is 14.8. The van der Waals surface area contributed by atoms with Gasteiger partial charge in [0.05, 0.1) is 6.04 Å². The molecule has 2 unspecified atom stereocenters. The van der Waals surface area contributed by atoms with Gasteiger partial charge in [-0.2, -0.15) is 0 Å². The van der Waals surface area contributed by atoms with Crippen LogP contribution in [0.4, 0.5) is 5.69 Å². The van der Waals surface area contributed by atoms with E-state index in [1.54, 1.807) is 11.1 Å². The second kappa shape index (κ2) is 7.56. The number of nitrogens with zero attached hydrogens (tertiary/aromatic N) is 2. The number of pyridine rings is 1. The van der Waals surface area contributed by atoms with E-state index in [0.717, 1.165) is 28.8 Å². The second-order valence-corrected chi connectivity index (χ2v) is 7.78. The Labute approximate surface area is 151 Å². The lowest BCUT2D eigenvalue weighted by Crippen LogP contribution is -2.30. The van der Waals surface area contributed by atoms with Gasteiger partial charge in [0.25, 0.3) is 0 Å². The summed E-state index contributed by atoms with van der Waals surface area (Å²) >= 11 is -1.03. The van der Waals surface area contributed by atoms with Crippen LogP contribution in [0.25, 0.3) is 11.1 Å². The predicted octanol–water partition coefficient (Wildman–Crippen LogP) is 2.99. The molecule has 5 nitrogen and oxygen atoms in total. The highest BCUT2D eigenvalue weighted by Crippen LogP contribution is 2.31. The summed E-state index contributed by atoms with van der Waals surface area (Å²) in [4.78, 5) is 17.9. The average Bonchev–Trinajstić information content (AvgIpc) is 2.64. The smallest absolute Gasteiger partial charge is 0.227 e. The zero-order valence-corrected chi connectivity index (χ0v) is 15.6. The maximum atomic E-state index is 11.8. The van der Waals surface area contributed by atoms with Crippen LogP contribution >= 0.6 is 0 Å². The van der Waals surface area contributed by atoms with Gasteiger partial charge in [0.15, 0.2) is 0 Å². The van der Waals surface area contributed by atoms with Crippen LogP contribution in [0.5, 0.6) is 0 Å². The second-order valence-electron chi connectivity index (χ2n) is 6.28. The van der Waals surface area contributed by atoms with Gasteiger partial charge in [-0.1, -0.05) is 6.07 Å². The summed E-state index contributed by atoms with van der Waals surface area (Å²) in [6.07, 6.45) is 4.97. The first-order valence-corrected chi connectivity index (χ1v) is 9.80. The minimum absolute atomic E-state index is 0.0328. The molecule has 1 aromatic heterocycles. The van der Waals surface area contributed by atoms with Crippen molar-refractivity contribution in [2.24, 2.45) is 0 Å². The van der Waals surface area contributed by atoms with Gasteiger partial charge < -0.3 is 9.45 Å². The predicted molar refractivity (Wildman–Crippen MR) is 102 cm³/mol. The van der Waals surface area contributed by atoms with Gasteiger partial charge >= 0.3 is 0 Å². The maximum Gasteiger partial charge on any atom is 0.227 e. The fraction of sp³-hybridized carbons (Fsp3) is 0.368. The fourth-order valence-electron chi connectivity index (χ4n) is 3.04. The molecule has 0 saturated heterocycles. The van der Waals surface area contributed by atoms with Gasteiger partial charge in [-0.15, -0.1) is 4.72 Å². The average molecular weight is 357 g/mol. The summed E-state index contributed by atoms with van der Waals surface area (Å²) in [5.41, 5.74) is 5.28. The Morgan fingerprint density at radius 2 is 2.08 bits per heavy atom. The molecule has 0 fully saturated rings. The standard InChI is InChI=1S/C19H23N3O2S/c1-4-25(24)21-13(2)16-10-17(12-20-11-16)14-5-7-18-15(9-14)6-8-19(23)22(18)3/h5,7,9-13,21H,4,6,8H2,1-3H3. The summed E-state index contributed by atoms with van der Waals surface area (Å²) in [5, 5.41) is 0. The van der Waals surface area contributed by atoms with Gasteiger partial charge in [-0.05, 0) is 55.2 Å². The number of hydrogen-bond donors (Lipinski definition) is 1. The lowest BCUT2D eigenvalue weighted by atomic mass is 9.96. The Kier molecular flexibility index (Phi) is 5.42. The van der Waals surface area contributed by atoms with Crippen molar-refractivity contribution in [2.45, 2.75) is 32.7 Å². The Morgan fingerprint density at radius 1 is 1.28 bits per heavy atom. The molecule has 1 aromatic carbocycles. The molecule has 132 valence electrons. The maximum absolute atomic E-state index is 11.8. The molecule has 1 aliphatic heterocycles. The van der Waals surface area contributed by atoms with Crippen molar-refractivity contribution in [1.82, 2.24) is 9.71 Å². The molecule has 2 heterocycles. The van der Waals surface area contributed by atoms with Crippen molar-refractivity contribution in [2.75, 3.05) is 17.7 Å². The zero-order valence-electron chi connectivity index (χ0n) is 14.8. The minimum atomic E-state index is -1.03. The molecule has 6 heteroatoms. The third-order valence-electron chi connectivity index (χ3n) is 4.59. The molecule has 1 N–H and O–H groups in total. The molecule has 25 heavy (non-hydrogen) atoms. The lowest BCUT2D eigenvalue weighted by Gasteiger charge is -2.26. The first-order chi connectivity index (χ1) is 12.0. The Hall–Kier alpha value is -1.89. The largest absolute Gasteiger partial charge is 0.598 e. The van der Waals surface area contributed by atoms with Crippen molar-refractivity contribution >= 4 is 23.0 Å². The number of nitrogens with one attached hydrogen (secondary N) is 1. The Balaban J connectivity index is 1.88. The van der Waals surface area contributed by atoms with Crippen LogP contribution in [-0.4, -0.2) is 28.2 Å². The summed E-state index contributed by atoms with van der Waals surface area (Å²) in [5.74, 6) is 0.738. The van der Waals surface area contributed by atoms with Crippen LogP contribution in [0.1, 0.15) is 37.4 Å². The molecule has 2 aromatic rings. The van der Waals surface area contributed by atoms with Crippen molar-refractivity contribution in [1.29, 1.82) is 0 Å². The molecule has 0 spiro atoms. The van der Waals surface area contributed by atoms with E-state index in [-0.39, 0.29) is 11.9 Å². The van der Waals surface area contributed by atoms with E-state index >= 15 is 0 Å². The molecule has 0 radical (unpaired) electrons. The highest BCUT2D eigenvalue weighted by molar-refractivity contribution is 7.89. The summed E-state index contributed by atoms with van der Waals surface area (Å²) in [7, 11) is 1.82. The monoisotopic (exact) mass is 357 g/mol. The minimum Gasteiger partial charge on any atom is -0.598 e. The number of hydrogen-bond acceptors (Lipinski definition) is 4. The van der Waals surface area contributed by atoms with Gasteiger partial charge in [0.2, 0.25) is 5.91 Å². The van der Waals surface area contributed by atoms with Gasteiger partial charge in [0, 0.05) is 48.5 Å². The first kappa shape index (κ1) is 17.9. The van der Waals surface area contributed by atoms with E-state index in [2.05, 4.69) is 21.8 Å². The van der Waals surface area contributed by atoms with E-state index in [1.165, 1.54) is 5.56 Å². The number of aryl methyl sites for hydroxylation is 1. The van der Waals surface area contributed by atoms with Crippen molar-refractivity contribution in [3.8, 4) is 11.1 Å². The number of rotatable bonds is 5. The van der Waals surface area contributed by atoms with Crippen LogP contribution in [0.15, 0.2) is 36.7 Å². The molecule has 1 aliphatic rings. The number of carbonyl (C=O) groups is 1. The number of benzene rings is 1. The van der Waals surface area contributed by atoms with Gasteiger partial charge in [-0.25, -0.2) is 0 Å². The van der Waals surface area contributed by atoms with Crippen LogP contribution in [0.2, 0.25) is 0 Å². The first-order valence-electron chi connectivity index (χ1n) is 8.49. The fourth-order valence-corrected chi connectivity index (χ4v) is 3.73. The van der Waals surface area contributed by atoms with Crippen LogP contribution in [0.3, 0.4) is 0 Å². The van der Waals surface area contributed by atoms with Gasteiger partial charge in [-0.3, -0.25) is 9.78 Å². The van der Waals surface area contributed by atoms with E-state index in [0.29, 0.717) is 12.2 Å². The topological polar surface area (TPSA) is 68.3 Å². The number of anilines is 1. The molecule has 1 amide bonds. The number of aromatic nitrogens is 1. The van der Waals surface area contributed by atoms with E-state index < -0.39 is 11.4 Å². The van der Waals surface area contributed by atoms with Crippen LogP contribution in [-0.2, 0) is 22.6 Å². The van der Waals surface area contributed by atoms with Crippen molar-refractivity contribution < 1.29 is 9.35 Å². The number of fused-ring (bicyclic) bond motifs is 1. The molecule has 3 rings (SSSR count). The molecule has 0 bridgehead atoms. The summed E-state index contributed by atoms with van der Waals surface area (Å²) in [6, 6.07) is 8.21. The molecule has 0 aliphatic carbocycles. The van der Waals surface area contributed by atoms with Crippen LogP contribution < -0.4 is 9.62 Å². The quantitative estimate of drug-likeness (QED) is 0.835. The SMILES string of the molecule is CC[S+]([O-])NC(C)c1cncc(-c2ccc3c(c2)CCC(=O)N3C)c1. The third-order valence-corrected chi connectivity index (χ3v) is 5.73. The molecule has 2 atom stereocenters. The van der Waals surface area contributed by atoms with Crippen molar-refractivity contribution in [3.05, 3.63) is 47.8 Å². The highest BCUT2D eigenvalue weighted by Gasteiger charge is 2.21. The lowest BCUT2D eigenvalue weighted by molar-refractivity contribution is -0.118. The zero-order chi connectivity index (χ0) is 18.0. The molecular formula is C19H23N3O2S. The Morgan fingerprint density at radius 3 is 2.84 bits per heavy atom. The van der Waals surface area contributed by atoms with Gasteiger partial charge in [0.1, 0.15) is 5.75 Å². The number of amides is 1. The van der Waals surface area contributed by atoms with Crippen molar-refractivity contribution in [3.63, 3.8) is 0 Å². The third kappa shape index (κ3) is 3.86. The van der Waals surface area contributed by atoms with E-state index in [4.69, 9.17) is 0 Å². The summed E-state index contributed by atoms with van der Waals surface area (Å²) in [6.45, 7) is 3.88. The molecular weight excluding hydrogens is 334 g/mol. The molecule has 0 saturated carbocycles. The Bertz CT molecular complexity index is 781.